The van der Waals surface area contributed by atoms with E-state index in [1.54, 1.807) is 4.90 Å². The maximum Gasteiger partial charge on any atom is 0.289 e. The second kappa shape index (κ2) is 7.66. The van der Waals surface area contributed by atoms with E-state index in [9.17, 15) is 29.8 Å². The first kappa shape index (κ1) is 18.7. The van der Waals surface area contributed by atoms with Gasteiger partial charge in [-0.2, -0.15) is 0 Å². The van der Waals surface area contributed by atoms with E-state index in [4.69, 9.17) is 4.74 Å². The van der Waals surface area contributed by atoms with Crippen molar-refractivity contribution in [3.05, 3.63) is 44.0 Å². The van der Waals surface area contributed by atoms with Crippen LogP contribution in [0, 0.1) is 20.2 Å². The zero-order valence-electron chi connectivity index (χ0n) is 14.4. The molecule has 0 unspecified atom stereocenters. The molecular weight excluding hydrogens is 360 g/mol. The number of piperazine rings is 1. The van der Waals surface area contributed by atoms with Crippen LogP contribution < -0.4 is 0 Å². The van der Waals surface area contributed by atoms with Crippen LogP contribution in [0.2, 0.25) is 0 Å². The second-order valence-corrected chi connectivity index (χ2v) is 6.33. The molecule has 2 fully saturated rings. The average Bonchev–Trinajstić information content (AvgIpc) is 3.21. The lowest BCUT2D eigenvalue weighted by atomic mass is 10.1. The smallest absolute Gasteiger partial charge is 0.289 e. The fraction of sp³-hybridized carbons (Fsp3) is 0.500. The van der Waals surface area contributed by atoms with Crippen molar-refractivity contribution in [2.24, 2.45) is 0 Å². The number of nitro groups is 2. The number of rotatable bonds is 4. The number of carbonyl (C=O) groups is 2. The molecule has 144 valence electrons. The Morgan fingerprint density at radius 2 is 1.70 bits per heavy atom. The summed E-state index contributed by atoms with van der Waals surface area (Å²) >= 11 is 0. The zero-order chi connectivity index (χ0) is 19.6. The number of non-ortho nitro benzene ring substituents is 1. The lowest BCUT2D eigenvalue weighted by Crippen LogP contribution is -2.52. The van der Waals surface area contributed by atoms with Gasteiger partial charge in [0, 0.05) is 38.9 Å². The van der Waals surface area contributed by atoms with Crippen molar-refractivity contribution >= 4 is 23.2 Å². The maximum absolute atomic E-state index is 12.7. The Morgan fingerprint density at radius 1 is 1.04 bits per heavy atom. The summed E-state index contributed by atoms with van der Waals surface area (Å²) in [6.07, 6.45) is 1.11. The molecule has 0 aromatic heterocycles. The minimum atomic E-state index is -0.808. The molecule has 0 aliphatic carbocycles. The topological polar surface area (TPSA) is 136 Å². The summed E-state index contributed by atoms with van der Waals surface area (Å²) in [5, 5.41) is 22.0. The van der Waals surface area contributed by atoms with Crippen molar-refractivity contribution in [3.63, 3.8) is 0 Å². The molecule has 11 heteroatoms. The van der Waals surface area contributed by atoms with Crippen molar-refractivity contribution in [1.82, 2.24) is 9.80 Å². The van der Waals surface area contributed by atoms with E-state index in [-0.39, 0.29) is 24.6 Å². The van der Waals surface area contributed by atoms with E-state index >= 15 is 0 Å². The predicted molar refractivity (Wildman–Crippen MR) is 91.2 cm³/mol. The molecule has 0 radical (unpaired) electrons. The first-order valence-corrected chi connectivity index (χ1v) is 8.51. The van der Waals surface area contributed by atoms with Crippen LogP contribution in [0.1, 0.15) is 23.2 Å². The van der Waals surface area contributed by atoms with Crippen LogP contribution in [0.4, 0.5) is 11.4 Å². The van der Waals surface area contributed by atoms with Crippen LogP contribution in [0.15, 0.2) is 18.2 Å². The molecule has 0 spiro atoms. The van der Waals surface area contributed by atoms with Gasteiger partial charge >= 0.3 is 0 Å². The summed E-state index contributed by atoms with van der Waals surface area (Å²) in [7, 11) is 0. The third-order valence-electron chi connectivity index (χ3n) is 4.70. The van der Waals surface area contributed by atoms with E-state index in [1.807, 2.05) is 0 Å². The maximum atomic E-state index is 12.7. The Labute approximate surface area is 153 Å². The van der Waals surface area contributed by atoms with Crippen molar-refractivity contribution in [3.8, 4) is 0 Å². The first-order valence-electron chi connectivity index (χ1n) is 8.51. The molecule has 2 aliphatic heterocycles. The Bertz CT molecular complexity index is 783. The zero-order valence-corrected chi connectivity index (χ0v) is 14.4. The fourth-order valence-electron chi connectivity index (χ4n) is 3.24. The van der Waals surface area contributed by atoms with Crippen LogP contribution in [-0.2, 0) is 9.53 Å². The normalized spacial score (nSPS) is 19.8. The molecule has 2 saturated heterocycles. The lowest BCUT2D eigenvalue weighted by molar-refractivity contribution is -0.394. The summed E-state index contributed by atoms with van der Waals surface area (Å²) < 4.78 is 5.38. The number of hydrogen-bond donors (Lipinski definition) is 0. The van der Waals surface area contributed by atoms with Gasteiger partial charge in [-0.1, -0.05) is 0 Å². The summed E-state index contributed by atoms with van der Waals surface area (Å²) in [5.41, 5.74) is -1.26. The van der Waals surface area contributed by atoms with E-state index in [2.05, 4.69) is 0 Å². The van der Waals surface area contributed by atoms with Gasteiger partial charge < -0.3 is 14.5 Å². The minimum Gasteiger partial charge on any atom is -0.368 e. The molecule has 2 aliphatic rings. The van der Waals surface area contributed by atoms with Crippen LogP contribution in [0.5, 0.6) is 0 Å². The highest BCUT2D eigenvalue weighted by Crippen LogP contribution is 2.26. The molecule has 0 bridgehead atoms. The van der Waals surface area contributed by atoms with Crippen molar-refractivity contribution in [2.75, 3.05) is 32.8 Å². The Morgan fingerprint density at radius 3 is 2.26 bits per heavy atom. The number of carbonyl (C=O) groups excluding carboxylic acids is 2. The van der Waals surface area contributed by atoms with Crippen LogP contribution >= 0.6 is 0 Å². The molecule has 1 atom stereocenters. The third-order valence-corrected chi connectivity index (χ3v) is 4.70. The third kappa shape index (κ3) is 3.87. The van der Waals surface area contributed by atoms with Crippen LogP contribution in [0.3, 0.4) is 0 Å². The highest BCUT2D eigenvalue weighted by molar-refractivity contribution is 5.98. The molecule has 1 aromatic rings. The second-order valence-electron chi connectivity index (χ2n) is 6.33. The number of ether oxygens (including phenoxy) is 1. The van der Waals surface area contributed by atoms with Gasteiger partial charge in [-0.3, -0.25) is 29.8 Å². The molecule has 0 saturated carbocycles. The number of amides is 2. The first-order chi connectivity index (χ1) is 12.9. The predicted octanol–water partition coefficient (Wildman–Crippen LogP) is 0.966. The van der Waals surface area contributed by atoms with Gasteiger partial charge in [0.15, 0.2) is 0 Å². The molecule has 27 heavy (non-hydrogen) atoms. The molecule has 2 amide bonds. The number of benzene rings is 1. The van der Waals surface area contributed by atoms with Crippen LogP contribution in [-0.4, -0.2) is 70.4 Å². The Hall–Kier alpha value is -3.08. The average molecular weight is 378 g/mol. The molecule has 3 rings (SSSR count). The SMILES string of the molecule is O=C(c1ccc([N+](=O)[O-])cc1[N+](=O)[O-])N1CCN(C(=O)[C@@H]2CCCO2)CC1. The van der Waals surface area contributed by atoms with E-state index < -0.39 is 33.2 Å². The van der Waals surface area contributed by atoms with Crippen molar-refractivity contribution in [1.29, 1.82) is 0 Å². The Kier molecular flexibility index (Phi) is 5.31. The summed E-state index contributed by atoms with van der Waals surface area (Å²) in [4.78, 5) is 48.5. The van der Waals surface area contributed by atoms with Gasteiger partial charge in [0.2, 0.25) is 0 Å². The number of nitro benzene ring substituents is 2. The summed E-state index contributed by atoms with van der Waals surface area (Å²) in [5.74, 6) is -0.679. The number of nitrogens with zero attached hydrogens (tertiary/aromatic N) is 4. The van der Waals surface area contributed by atoms with Gasteiger partial charge in [0.05, 0.1) is 15.9 Å². The summed E-state index contributed by atoms with van der Waals surface area (Å²) in [6, 6.07) is 2.95. The molecule has 0 N–H and O–H groups in total. The largest absolute Gasteiger partial charge is 0.368 e. The van der Waals surface area contributed by atoms with Crippen LogP contribution in [0.25, 0.3) is 0 Å². The van der Waals surface area contributed by atoms with Gasteiger partial charge in [-0.15, -0.1) is 0 Å². The standard InChI is InChI=1S/C16H18N4O7/c21-15(12-4-3-11(19(23)24)10-13(12)20(25)26)17-5-7-18(8-6-17)16(22)14-2-1-9-27-14/h3-4,10,14H,1-2,5-9H2/t14-/m0/s1. The highest BCUT2D eigenvalue weighted by atomic mass is 16.6. The van der Waals surface area contributed by atoms with E-state index in [0.29, 0.717) is 26.1 Å². The number of hydrogen-bond acceptors (Lipinski definition) is 7. The monoisotopic (exact) mass is 378 g/mol. The molecule has 1 aromatic carbocycles. The summed E-state index contributed by atoms with van der Waals surface area (Å²) in [6.45, 7) is 1.64. The molecular formula is C16H18N4O7. The van der Waals surface area contributed by atoms with Gasteiger partial charge in [0.1, 0.15) is 11.7 Å². The minimum absolute atomic E-state index is 0.0964. The van der Waals surface area contributed by atoms with E-state index in [0.717, 1.165) is 24.6 Å². The van der Waals surface area contributed by atoms with Gasteiger partial charge in [0.25, 0.3) is 23.2 Å². The van der Waals surface area contributed by atoms with Crippen molar-refractivity contribution in [2.45, 2.75) is 18.9 Å². The van der Waals surface area contributed by atoms with E-state index in [1.165, 1.54) is 4.90 Å². The fourth-order valence-corrected chi connectivity index (χ4v) is 3.24. The quantitative estimate of drug-likeness (QED) is 0.562. The van der Waals surface area contributed by atoms with Crippen molar-refractivity contribution < 1.29 is 24.2 Å². The lowest BCUT2D eigenvalue weighted by Gasteiger charge is -2.35. The highest BCUT2D eigenvalue weighted by Gasteiger charge is 2.33. The van der Waals surface area contributed by atoms with Gasteiger partial charge in [-0.05, 0) is 18.9 Å². The molecule has 11 nitrogen and oxygen atoms in total. The van der Waals surface area contributed by atoms with Gasteiger partial charge in [-0.25, -0.2) is 0 Å². The Balaban J connectivity index is 1.69. The molecule has 2 heterocycles.